The molecule has 1 aromatic rings. The summed E-state index contributed by atoms with van der Waals surface area (Å²) in [6.07, 6.45) is 0. The van der Waals surface area contributed by atoms with Crippen LogP contribution in [0.3, 0.4) is 0 Å². The van der Waals surface area contributed by atoms with Crippen LogP contribution >= 0.6 is 11.6 Å². The Bertz CT molecular complexity index is 224. The molecule has 0 heterocycles. The third-order valence-corrected chi connectivity index (χ3v) is 1.11. The Morgan fingerprint density at radius 1 is 1.67 bits per heavy atom. The second kappa shape index (κ2) is 2.23. The Morgan fingerprint density at radius 2 is 2.33 bits per heavy atom. The fraction of sp³-hybridized carbons (Fsp3) is 0. The number of rotatable bonds is 0. The topological polar surface area (TPSA) is 26.0 Å². The van der Waals surface area contributed by atoms with Crippen LogP contribution in [0, 0.1) is 11.9 Å². The number of hydrogen-bond acceptors (Lipinski definition) is 1. The van der Waals surface area contributed by atoms with Crippen molar-refractivity contribution in [1.82, 2.24) is 0 Å². The molecule has 0 aliphatic heterocycles. The number of anilines is 1. The van der Waals surface area contributed by atoms with Gasteiger partial charge in [0.15, 0.2) is 0 Å². The molecule has 47 valence electrons. The van der Waals surface area contributed by atoms with Crippen molar-refractivity contribution in [2.75, 3.05) is 5.73 Å². The van der Waals surface area contributed by atoms with Gasteiger partial charge in [-0.05, 0) is 12.1 Å². The predicted molar refractivity (Wildman–Crippen MR) is 34.7 cm³/mol. The number of nitrogen functional groups attached to an aromatic ring is 1. The molecule has 0 aliphatic rings. The Hall–Kier alpha value is -0.760. The summed E-state index contributed by atoms with van der Waals surface area (Å²) in [4.78, 5) is 0. The van der Waals surface area contributed by atoms with Crippen LogP contribution in [0.4, 0.5) is 10.1 Å². The van der Waals surface area contributed by atoms with Crippen LogP contribution < -0.4 is 5.73 Å². The Morgan fingerprint density at radius 3 is 2.78 bits per heavy atom. The molecule has 0 atom stereocenters. The molecule has 1 nitrogen and oxygen atoms in total. The van der Waals surface area contributed by atoms with E-state index in [2.05, 4.69) is 6.07 Å². The molecule has 0 saturated carbocycles. The minimum absolute atomic E-state index is 0.0689. The second-order valence-corrected chi connectivity index (χ2v) is 1.99. The van der Waals surface area contributed by atoms with Gasteiger partial charge in [0.1, 0.15) is 5.82 Å². The van der Waals surface area contributed by atoms with E-state index in [1.165, 1.54) is 6.07 Å². The lowest BCUT2D eigenvalue weighted by Gasteiger charge is -1.92. The summed E-state index contributed by atoms with van der Waals surface area (Å²) < 4.78 is 12.4. The summed E-state index contributed by atoms with van der Waals surface area (Å²) in [7, 11) is 0. The Labute approximate surface area is 57.2 Å². The molecule has 0 bridgehead atoms. The van der Waals surface area contributed by atoms with Crippen molar-refractivity contribution in [1.29, 1.82) is 0 Å². The van der Waals surface area contributed by atoms with E-state index < -0.39 is 5.82 Å². The van der Waals surface area contributed by atoms with Crippen LogP contribution in [-0.2, 0) is 0 Å². The molecule has 0 unspecified atom stereocenters. The summed E-state index contributed by atoms with van der Waals surface area (Å²) in [6, 6.07) is 4.97. The molecule has 0 spiro atoms. The third-order valence-electron chi connectivity index (χ3n) is 0.895. The summed E-state index contributed by atoms with van der Waals surface area (Å²) in [6.45, 7) is 0. The lowest BCUT2D eigenvalue weighted by molar-refractivity contribution is 0.632. The van der Waals surface area contributed by atoms with E-state index in [1.807, 2.05) is 0 Å². The molecule has 1 radical (unpaired) electrons. The van der Waals surface area contributed by atoms with Crippen molar-refractivity contribution in [3.05, 3.63) is 29.0 Å². The standard InChI is InChI=1S/C6H4ClFN/c7-4-1-2-6(9)5(8)3-4/h2-3H,9H2. The van der Waals surface area contributed by atoms with Gasteiger partial charge in [0.05, 0.1) is 10.7 Å². The molecule has 2 N–H and O–H groups in total. The average Bonchev–Trinajstić information content (AvgIpc) is 1.80. The van der Waals surface area contributed by atoms with Crippen LogP contribution in [0.1, 0.15) is 0 Å². The van der Waals surface area contributed by atoms with Gasteiger partial charge in [-0.25, -0.2) is 4.39 Å². The maximum Gasteiger partial charge on any atom is 0.147 e. The first-order chi connectivity index (χ1) is 4.20. The van der Waals surface area contributed by atoms with E-state index in [9.17, 15) is 4.39 Å². The molecule has 1 aromatic carbocycles. The molecule has 3 heteroatoms. The monoisotopic (exact) mass is 144 g/mol. The summed E-state index contributed by atoms with van der Waals surface area (Å²) in [5.74, 6) is -0.501. The fourth-order valence-corrected chi connectivity index (χ4v) is 0.602. The molecule has 0 aliphatic carbocycles. The SMILES string of the molecule is Nc1c[c]c(Cl)cc1F. The number of nitrogens with two attached hydrogens (primary N) is 1. The Balaban J connectivity index is 3.17. The minimum Gasteiger partial charge on any atom is -0.396 e. The quantitative estimate of drug-likeness (QED) is 0.553. The molecule has 0 amide bonds. The van der Waals surface area contributed by atoms with Crippen molar-refractivity contribution in [3.8, 4) is 0 Å². The maximum atomic E-state index is 12.4. The highest BCUT2D eigenvalue weighted by atomic mass is 35.5. The van der Waals surface area contributed by atoms with Crippen molar-refractivity contribution in [2.45, 2.75) is 0 Å². The molecular weight excluding hydrogens is 141 g/mol. The molecule has 0 aromatic heterocycles. The van der Waals surface area contributed by atoms with Crippen LogP contribution in [0.5, 0.6) is 0 Å². The first-order valence-electron chi connectivity index (χ1n) is 2.32. The maximum absolute atomic E-state index is 12.4. The zero-order chi connectivity index (χ0) is 6.85. The Kier molecular flexibility index (Phi) is 1.58. The van der Waals surface area contributed by atoms with Gasteiger partial charge < -0.3 is 5.73 Å². The van der Waals surface area contributed by atoms with E-state index in [-0.39, 0.29) is 10.7 Å². The molecule has 0 fully saturated rings. The zero-order valence-electron chi connectivity index (χ0n) is 4.49. The van der Waals surface area contributed by atoms with E-state index in [0.717, 1.165) is 6.07 Å². The van der Waals surface area contributed by atoms with Crippen LogP contribution in [0.15, 0.2) is 12.1 Å². The summed E-state index contributed by atoms with van der Waals surface area (Å²) in [5, 5.41) is 0.238. The molecular formula is C6H4ClFN. The van der Waals surface area contributed by atoms with Crippen LogP contribution in [-0.4, -0.2) is 0 Å². The average molecular weight is 145 g/mol. The molecule has 9 heavy (non-hydrogen) atoms. The normalized spacial score (nSPS) is 9.56. The third kappa shape index (κ3) is 1.33. The summed E-state index contributed by atoms with van der Waals surface area (Å²) in [5.41, 5.74) is 5.19. The van der Waals surface area contributed by atoms with Crippen LogP contribution in [0.2, 0.25) is 5.02 Å². The van der Waals surface area contributed by atoms with Gasteiger partial charge in [-0.2, -0.15) is 0 Å². The highest BCUT2D eigenvalue weighted by Crippen LogP contribution is 2.14. The van der Waals surface area contributed by atoms with Crippen molar-refractivity contribution < 1.29 is 4.39 Å². The second-order valence-electron chi connectivity index (χ2n) is 1.58. The largest absolute Gasteiger partial charge is 0.396 e. The van der Waals surface area contributed by atoms with Gasteiger partial charge >= 0.3 is 0 Å². The van der Waals surface area contributed by atoms with Gasteiger partial charge in [-0.3, -0.25) is 0 Å². The van der Waals surface area contributed by atoms with Crippen molar-refractivity contribution in [3.63, 3.8) is 0 Å². The minimum atomic E-state index is -0.501. The van der Waals surface area contributed by atoms with E-state index >= 15 is 0 Å². The number of benzene rings is 1. The van der Waals surface area contributed by atoms with Gasteiger partial charge in [-0.15, -0.1) is 0 Å². The smallest absolute Gasteiger partial charge is 0.147 e. The fourth-order valence-electron chi connectivity index (χ4n) is 0.452. The first kappa shape index (κ1) is 6.36. The zero-order valence-corrected chi connectivity index (χ0v) is 5.24. The predicted octanol–water partition coefficient (Wildman–Crippen LogP) is 1.86. The highest BCUT2D eigenvalue weighted by molar-refractivity contribution is 6.30. The lowest BCUT2D eigenvalue weighted by atomic mass is 10.3. The first-order valence-corrected chi connectivity index (χ1v) is 2.70. The van der Waals surface area contributed by atoms with Gasteiger partial charge in [-0.1, -0.05) is 11.6 Å². The van der Waals surface area contributed by atoms with Crippen molar-refractivity contribution >= 4 is 17.3 Å². The van der Waals surface area contributed by atoms with Crippen LogP contribution in [0.25, 0.3) is 0 Å². The highest BCUT2D eigenvalue weighted by Gasteiger charge is 1.95. The molecule has 0 saturated heterocycles. The number of hydrogen-bond donors (Lipinski definition) is 1. The van der Waals surface area contributed by atoms with E-state index in [1.54, 1.807) is 0 Å². The van der Waals surface area contributed by atoms with Gasteiger partial charge in [0.25, 0.3) is 0 Å². The lowest BCUT2D eigenvalue weighted by Crippen LogP contribution is -1.88. The van der Waals surface area contributed by atoms with E-state index in [0.29, 0.717) is 0 Å². The van der Waals surface area contributed by atoms with E-state index in [4.69, 9.17) is 17.3 Å². The summed E-state index contributed by atoms with van der Waals surface area (Å²) >= 11 is 5.37. The number of halogens is 2. The molecule has 1 rings (SSSR count). The van der Waals surface area contributed by atoms with Crippen molar-refractivity contribution in [2.24, 2.45) is 0 Å². The van der Waals surface area contributed by atoms with Gasteiger partial charge in [0, 0.05) is 6.07 Å². The van der Waals surface area contributed by atoms with Gasteiger partial charge in [0.2, 0.25) is 0 Å².